The fraction of sp³-hybridized carbons (Fsp3) is 0.647. The molecule has 0 spiro atoms. The first-order valence-corrected chi connectivity index (χ1v) is 8.31. The lowest BCUT2D eigenvalue weighted by Crippen LogP contribution is -2.45. The van der Waals surface area contributed by atoms with Crippen molar-refractivity contribution in [2.45, 2.75) is 58.2 Å². The van der Waals surface area contributed by atoms with E-state index in [0.717, 1.165) is 25.2 Å². The molecule has 2 bridgehead atoms. The van der Waals surface area contributed by atoms with Gasteiger partial charge in [-0.1, -0.05) is 6.07 Å². The Balaban J connectivity index is 1.67. The number of pyridine rings is 1. The SMILES string of the molecule is Cc1cccc(NC(=O)N2CC[C@H]3CC[C@@H](C2)N3C(C)C)n1. The summed E-state index contributed by atoms with van der Waals surface area (Å²) in [5.74, 6) is 0.639. The van der Waals surface area contributed by atoms with Gasteiger partial charge in [-0.25, -0.2) is 9.78 Å². The lowest BCUT2D eigenvalue weighted by molar-refractivity contribution is 0.149. The number of aromatic nitrogens is 1. The first kappa shape index (κ1) is 15.3. The quantitative estimate of drug-likeness (QED) is 0.914. The highest BCUT2D eigenvalue weighted by molar-refractivity contribution is 5.88. The van der Waals surface area contributed by atoms with Crippen LogP contribution in [0.5, 0.6) is 0 Å². The zero-order valence-corrected chi connectivity index (χ0v) is 13.7. The van der Waals surface area contributed by atoms with E-state index < -0.39 is 0 Å². The number of nitrogens with zero attached hydrogens (tertiary/aromatic N) is 3. The number of aryl methyl sites for hydroxylation is 1. The molecular weight excluding hydrogens is 276 g/mol. The second-order valence-electron chi connectivity index (χ2n) is 6.76. The Bertz CT molecular complexity index is 545. The number of anilines is 1. The molecule has 2 atom stereocenters. The third-order valence-electron chi connectivity index (χ3n) is 4.85. The van der Waals surface area contributed by atoms with Gasteiger partial charge in [0.2, 0.25) is 0 Å². The maximum atomic E-state index is 12.5. The second kappa shape index (κ2) is 6.24. The molecule has 1 aromatic rings. The maximum Gasteiger partial charge on any atom is 0.323 e. The number of urea groups is 1. The molecule has 3 heterocycles. The fourth-order valence-corrected chi connectivity index (χ4v) is 3.94. The molecule has 5 heteroatoms. The Morgan fingerprint density at radius 3 is 2.77 bits per heavy atom. The van der Waals surface area contributed by atoms with Crippen LogP contribution in [0, 0.1) is 6.92 Å². The Labute approximate surface area is 132 Å². The summed E-state index contributed by atoms with van der Waals surface area (Å²) in [7, 11) is 0. The normalized spacial score (nSPS) is 25.4. The topological polar surface area (TPSA) is 48.5 Å². The number of hydrogen-bond donors (Lipinski definition) is 1. The summed E-state index contributed by atoms with van der Waals surface area (Å²) in [5.41, 5.74) is 0.915. The molecule has 0 unspecified atom stereocenters. The van der Waals surface area contributed by atoms with Crippen LogP contribution in [0.25, 0.3) is 0 Å². The Morgan fingerprint density at radius 2 is 2.05 bits per heavy atom. The third kappa shape index (κ3) is 3.09. The van der Waals surface area contributed by atoms with Crippen LogP contribution in [0.3, 0.4) is 0 Å². The van der Waals surface area contributed by atoms with Gasteiger partial charge in [-0.05, 0) is 52.2 Å². The highest BCUT2D eigenvalue weighted by Crippen LogP contribution is 2.32. The lowest BCUT2D eigenvalue weighted by atomic mass is 10.1. The summed E-state index contributed by atoms with van der Waals surface area (Å²) in [4.78, 5) is 21.5. The number of rotatable bonds is 2. The van der Waals surface area contributed by atoms with Crippen LogP contribution in [0.2, 0.25) is 0 Å². The van der Waals surface area contributed by atoms with Crippen molar-refractivity contribution in [3.8, 4) is 0 Å². The highest BCUT2D eigenvalue weighted by Gasteiger charge is 2.39. The van der Waals surface area contributed by atoms with Crippen molar-refractivity contribution >= 4 is 11.8 Å². The first-order chi connectivity index (χ1) is 10.5. The van der Waals surface area contributed by atoms with E-state index in [1.165, 1.54) is 12.8 Å². The van der Waals surface area contributed by atoms with Gasteiger partial charge in [0.05, 0.1) is 0 Å². The van der Waals surface area contributed by atoms with Gasteiger partial charge in [0.25, 0.3) is 0 Å². The van der Waals surface area contributed by atoms with Crippen molar-refractivity contribution in [2.75, 3.05) is 18.4 Å². The van der Waals surface area contributed by atoms with Crippen molar-refractivity contribution < 1.29 is 4.79 Å². The smallest absolute Gasteiger partial charge is 0.323 e. The highest BCUT2D eigenvalue weighted by atomic mass is 16.2. The van der Waals surface area contributed by atoms with E-state index in [4.69, 9.17) is 0 Å². The van der Waals surface area contributed by atoms with Gasteiger partial charge >= 0.3 is 6.03 Å². The van der Waals surface area contributed by atoms with Gasteiger partial charge in [-0.3, -0.25) is 10.2 Å². The predicted molar refractivity (Wildman–Crippen MR) is 88.0 cm³/mol. The zero-order chi connectivity index (χ0) is 15.7. The average molecular weight is 302 g/mol. The molecule has 0 aliphatic carbocycles. The van der Waals surface area contributed by atoms with Crippen LogP contribution in [0.15, 0.2) is 18.2 Å². The minimum atomic E-state index is -0.0191. The predicted octanol–water partition coefficient (Wildman–Crippen LogP) is 2.87. The Kier molecular flexibility index (Phi) is 4.34. The Morgan fingerprint density at radius 1 is 1.27 bits per heavy atom. The van der Waals surface area contributed by atoms with Gasteiger partial charge in [-0.15, -0.1) is 0 Å². The van der Waals surface area contributed by atoms with Crippen LogP contribution in [0.4, 0.5) is 10.6 Å². The van der Waals surface area contributed by atoms with Gasteiger partial charge in [0, 0.05) is 36.9 Å². The van der Waals surface area contributed by atoms with Gasteiger partial charge in [0.1, 0.15) is 5.82 Å². The minimum absolute atomic E-state index is 0.0191. The van der Waals surface area contributed by atoms with E-state index >= 15 is 0 Å². The maximum absolute atomic E-state index is 12.5. The number of hydrogen-bond acceptors (Lipinski definition) is 3. The van der Waals surface area contributed by atoms with E-state index in [0.29, 0.717) is 23.9 Å². The van der Waals surface area contributed by atoms with Crippen molar-refractivity contribution in [1.82, 2.24) is 14.8 Å². The van der Waals surface area contributed by atoms with Gasteiger partial charge in [0.15, 0.2) is 0 Å². The molecule has 0 aromatic carbocycles. The standard InChI is InChI=1S/C17H26N4O/c1-12(2)21-14-7-8-15(21)11-20(10-9-14)17(22)19-16-6-4-5-13(3)18-16/h4-6,12,14-15H,7-11H2,1-3H3,(H,18,19,22)/t14-,15+/m1/s1. The number of carbonyl (C=O) groups is 1. The van der Waals surface area contributed by atoms with Gasteiger partial charge < -0.3 is 4.90 Å². The molecule has 2 aliphatic heterocycles. The van der Waals surface area contributed by atoms with Crippen molar-refractivity contribution in [3.63, 3.8) is 0 Å². The molecule has 1 N–H and O–H groups in total. The van der Waals surface area contributed by atoms with E-state index in [1.54, 1.807) is 0 Å². The van der Waals surface area contributed by atoms with Crippen LogP contribution < -0.4 is 5.32 Å². The molecule has 5 nitrogen and oxygen atoms in total. The summed E-state index contributed by atoms with van der Waals surface area (Å²) in [6.07, 6.45) is 3.55. The monoisotopic (exact) mass is 302 g/mol. The number of likely N-dealkylation sites (tertiary alicyclic amines) is 1. The number of amides is 2. The van der Waals surface area contributed by atoms with Crippen molar-refractivity contribution in [1.29, 1.82) is 0 Å². The third-order valence-corrected chi connectivity index (χ3v) is 4.85. The number of fused-ring (bicyclic) bond motifs is 2. The summed E-state index contributed by atoms with van der Waals surface area (Å²) >= 11 is 0. The van der Waals surface area contributed by atoms with Crippen LogP contribution >= 0.6 is 0 Å². The van der Waals surface area contributed by atoms with E-state index in [-0.39, 0.29) is 6.03 Å². The average Bonchev–Trinajstić information content (AvgIpc) is 2.73. The Hall–Kier alpha value is -1.62. The lowest BCUT2D eigenvalue weighted by Gasteiger charge is -2.32. The fourth-order valence-electron chi connectivity index (χ4n) is 3.94. The molecule has 2 amide bonds. The first-order valence-electron chi connectivity index (χ1n) is 8.31. The molecule has 120 valence electrons. The summed E-state index contributed by atoms with van der Waals surface area (Å²) in [6.45, 7) is 8.12. The molecule has 0 saturated carbocycles. The molecule has 2 aliphatic rings. The molecule has 1 aromatic heterocycles. The molecule has 2 saturated heterocycles. The molecule has 0 radical (unpaired) electrons. The van der Waals surface area contributed by atoms with Crippen LogP contribution in [0.1, 0.15) is 38.8 Å². The summed E-state index contributed by atoms with van der Waals surface area (Å²) in [5, 5.41) is 2.94. The largest absolute Gasteiger partial charge is 0.323 e. The van der Waals surface area contributed by atoms with Crippen molar-refractivity contribution in [3.05, 3.63) is 23.9 Å². The zero-order valence-electron chi connectivity index (χ0n) is 13.7. The molecule has 2 fully saturated rings. The van der Waals surface area contributed by atoms with Crippen LogP contribution in [-0.4, -0.2) is 52.0 Å². The molecule has 3 rings (SSSR count). The number of nitrogens with one attached hydrogen (secondary N) is 1. The number of carbonyl (C=O) groups excluding carboxylic acids is 1. The van der Waals surface area contributed by atoms with Gasteiger partial charge in [-0.2, -0.15) is 0 Å². The van der Waals surface area contributed by atoms with E-state index in [1.807, 2.05) is 30.0 Å². The summed E-state index contributed by atoms with van der Waals surface area (Å²) in [6, 6.07) is 7.37. The van der Waals surface area contributed by atoms with E-state index in [2.05, 4.69) is 29.0 Å². The minimum Gasteiger partial charge on any atom is -0.323 e. The molecular formula is C17H26N4O. The molecule has 22 heavy (non-hydrogen) atoms. The summed E-state index contributed by atoms with van der Waals surface area (Å²) < 4.78 is 0. The van der Waals surface area contributed by atoms with Crippen molar-refractivity contribution in [2.24, 2.45) is 0 Å². The van der Waals surface area contributed by atoms with E-state index in [9.17, 15) is 4.79 Å². The second-order valence-corrected chi connectivity index (χ2v) is 6.76. The van der Waals surface area contributed by atoms with Crippen LogP contribution in [-0.2, 0) is 0 Å².